The van der Waals surface area contributed by atoms with Gasteiger partial charge in [0.15, 0.2) is 0 Å². The summed E-state index contributed by atoms with van der Waals surface area (Å²) in [5.41, 5.74) is 5.65. The number of ether oxygens (including phenoxy) is 1. The Hall–Kier alpha value is -4.32. The molecular formula is C39H46ClFN6O3S. The number of carbonyl (C=O) groups is 1. The van der Waals surface area contributed by atoms with Crippen LogP contribution in [0.15, 0.2) is 64.2 Å². The summed E-state index contributed by atoms with van der Waals surface area (Å²) in [6, 6.07) is 14.5. The summed E-state index contributed by atoms with van der Waals surface area (Å²) in [6.07, 6.45) is 6.72. The lowest BCUT2D eigenvalue weighted by Gasteiger charge is -2.14. The van der Waals surface area contributed by atoms with Crippen molar-refractivity contribution in [3.63, 3.8) is 0 Å². The SMILES string of the molecule is C/C=N/N1CCC/C1=C\c1c(Cl)ccc2c(CCCOc3cc(SCc4cc(CNC)nn4C)cc4cc(F)ccc34)c(C(=O)O)n(C)c12.CC. The molecule has 0 radical (unpaired) electrons. The summed E-state index contributed by atoms with van der Waals surface area (Å²) in [7, 11) is 5.61. The molecule has 0 unspecified atom stereocenters. The number of aromatic nitrogens is 3. The number of hydrogen-bond donors (Lipinski definition) is 2. The number of hydrazone groups is 1. The van der Waals surface area contributed by atoms with Crippen LogP contribution < -0.4 is 10.1 Å². The molecule has 12 heteroatoms. The number of allylic oxidation sites excluding steroid dienone is 1. The van der Waals surface area contributed by atoms with E-state index >= 15 is 0 Å². The second-order valence-corrected chi connectivity index (χ2v) is 13.5. The molecule has 270 valence electrons. The molecule has 5 aromatic rings. The van der Waals surface area contributed by atoms with Crippen molar-refractivity contribution < 1.29 is 19.0 Å². The normalized spacial score (nSPS) is 13.9. The Bertz CT molecular complexity index is 2090. The molecule has 2 N–H and O–H groups in total. The lowest BCUT2D eigenvalue weighted by molar-refractivity contribution is 0.0685. The van der Waals surface area contributed by atoms with Gasteiger partial charge >= 0.3 is 5.97 Å². The number of aryl methyl sites for hydroxylation is 3. The first-order valence-electron chi connectivity index (χ1n) is 17.3. The van der Waals surface area contributed by atoms with E-state index in [4.69, 9.17) is 16.3 Å². The second kappa shape index (κ2) is 17.3. The molecule has 0 spiro atoms. The van der Waals surface area contributed by atoms with E-state index in [1.165, 1.54) is 12.1 Å². The topological polar surface area (TPSA) is 96.9 Å². The Morgan fingerprint density at radius 3 is 2.69 bits per heavy atom. The third-order valence-corrected chi connectivity index (χ3v) is 10.1. The number of fused-ring (bicyclic) bond motifs is 2. The van der Waals surface area contributed by atoms with Gasteiger partial charge in [0.25, 0.3) is 0 Å². The predicted octanol–water partition coefficient (Wildman–Crippen LogP) is 9.05. The molecular weight excluding hydrogens is 687 g/mol. The van der Waals surface area contributed by atoms with Crippen LogP contribution in [0.4, 0.5) is 4.39 Å². The first kappa shape index (κ1) is 37.9. The number of aromatic carboxylic acids is 1. The first-order valence-corrected chi connectivity index (χ1v) is 18.7. The Kier molecular flexibility index (Phi) is 12.8. The van der Waals surface area contributed by atoms with Crippen LogP contribution in [0, 0.1) is 5.82 Å². The van der Waals surface area contributed by atoms with Crippen molar-refractivity contribution in [2.75, 3.05) is 20.2 Å². The van der Waals surface area contributed by atoms with E-state index in [0.29, 0.717) is 42.5 Å². The summed E-state index contributed by atoms with van der Waals surface area (Å²) in [5, 5.41) is 27.4. The fourth-order valence-corrected chi connectivity index (χ4v) is 7.80. The molecule has 9 nitrogen and oxygen atoms in total. The zero-order valence-electron chi connectivity index (χ0n) is 30.1. The monoisotopic (exact) mass is 732 g/mol. The van der Waals surface area contributed by atoms with E-state index in [9.17, 15) is 14.3 Å². The van der Waals surface area contributed by atoms with Crippen LogP contribution in [0.25, 0.3) is 27.8 Å². The lowest BCUT2D eigenvalue weighted by Crippen LogP contribution is -2.10. The highest BCUT2D eigenvalue weighted by Crippen LogP contribution is 2.37. The number of nitrogens with zero attached hydrogens (tertiary/aromatic N) is 5. The standard InChI is InChI=1S/C37H40ClFN6O3S.C2H6/c1-5-41-45-14-6-8-26(45)19-32-33(38)13-12-31-30(36(37(46)47)43(3)35(31)32)9-7-15-48-34-20-28(17-23-16-24(39)10-11-29(23)34)49-22-27-18-25(21-40-2)42-44(27)4;1-2/h5,10-13,16-20,40H,6-9,14-15,21-22H2,1-4H3,(H,46,47);1-2H3/b26-19+,41-5+;. The number of nitrogens with one attached hydrogen (secondary N) is 1. The van der Waals surface area contributed by atoms with Crippen LogP contribution in [0.1, 0.15) is 73.0 Å². The van der Waals surface area contributed by atoms with E-state index in [-0.39, 0.29) is 11.5 Å². The quantitative estimate of drug-likeness (QED) is 0.0709. The number of hydrogen-bond acceptors (Lipinski definition) is 7. The average molecular weight is 733 g/mol. The number of carboxylic acids is 1. The van der Waals surface area contributed by atoms with Crippen molar-refractivity contribution in [3.05, 3.63) is 93.3 Å². The van der Waals surface area contributed by atoms with E-state index in [1.54, 1.807) is 35.7 Å². The van der Waals surface area contributed by atoms with E-state index < -0.39 is 5.97 Å². The maximum atomic E-state index is 14.3. The smallest absolute Gasteiger partial charge is 0.352 e. The molecule has 2 aromatic heterocycles. The largest absolute Gasteiger partial charge is 0.493 e. The molecule has 1 saturated heterocycles. The molecule has 6 rings (SSSR count). The fraction of sp³-hybridized carbons (Fsp3) is 0.359. The molecule has 3 aromatic carbocycles. The lowest BCUT2D eigenvalue weighted by atomic mass is 10.0. The van der Waals surface area contributed by atoms with Crippen molar-refractivity contribution >= 4 is 63.3 Å². The predicted molar refractivity (Wildman–Crippen MR) is 208 cm³/mol. The third-order valence-electron chi connectivity index (χ3n) is 8.80. The zero-order valence-corrected chi connectivity index (χ0v) is 31.7. The van der Waals surface area contributed by atoms with Gasteiger partial charge in [0.2, 0.25) is 0 Å². The van der Waals surface area contributed by atoms with Gasteiger partial charge in [-0.05, 0) is 99.1 Å². The summed E-state index contributed by atoms with van der Waals surface area (Å²) >= 11 is 8.39. The Morgan fingerprint density at radius 1 is 1.16 bits per heavy atom. The molecule has 1 fully saturated rings. The molecule has 0 aliphatic carbocycles. The van der Waals surface area contributed by atoms with Crippen molar-refractivity contribution in [1.82, 2.24) is 24.7 Å². The number of thioether (sulfide) groups is 1. The summed E-state index contributed by atoms with van der Waals surface area (Å²) in [5.74, 6) is 0.0504. The maximum absolute atomic E-state index is 14.3. The summed E-state index contributed by atoms with van der Waals surface area (Å²) < 4.78 is 24.3. The van der Waals surface area contributed by atoms with Gasteiger partial charge in [-0.25, -0.2) is 9.18 Å². The van der Waals surface area contributed by atoms with Crippen molar-refractivity contribution in [3.8, 4) is 5.75 Å². The number of benzene rings is 3. The van der Waals surface area contributed by atoms with Gasteiger partial charge in [-0.3, -0.25) is 9.69 Å². The first-order chi connectivity index (χ1) is 24.7. The van der Waals surface area contributed by atoms with Crippen LogP contribution in [-0.4, -0.2) is 56.8 Å². The molecule has 0 saturated carbocycles. The molecule has 0 amide bonds. The minimum atomic E-state index is -0.994. The van der Waals surface area contributed by atoms with Crippen molar-refractivity contribution in [2.24, 2.45) is 19.2 Å². The molecule has 0 atom stereocenters. The van der Waals surface area contributed by atoms with Crippen LogP contribution in [-0.2, 0) is 32.8 Å². The van der Waals surface area contributed by atoms with Crippen LogP contribution in [0.3, 0.4) is 0 Å². The Labute approximate surface area is 308 Å². The average Bonchev–Trinajstić information content (AvgIpc) is 3.78. The summed E-state index contributed by atoms with van der Waals surface area (Å²) in [4.78, 5) is 13.6. The maximum Gasteiger partial charge on any atom is 0.352 e. The van der Waals surface area contributed by atoms with Gasteiger partial charge in [0, 0.05) is 76.8 Å². The molecule has 1 aliphatic heterocycles. The van der Waals surface area contributed by atoms with Gasteiger partial charge in [-0.1, -0.05) is 31.5 Å². The number of carboxylic acid groups (broad SMARTS) is 1. The highest BCUT2D eigenvalue weighted by atomic mass is 35.5. The van der Waals surface area contributed by atoms with Crippen molar-refractivity contribution in [1.29, 1.82) is 0 Å². The highest BCUT2D eigenvalue weighted by molar-refractivity contribution is 7.98. The van der Waals surface area contributed by atoms with Crippen molar-refractivity contribution in [2.45, 2.75) is 63.6 Å². The number of rotatable bonds is 13. The second-order valence-electron chi connectivity index (χ2n) is 12.1. The van der Waals surface area contributed by atoms with Gasteiger partial charge in [0.05, 0.1) is 17.8 Å². The van der Waals surface area contributed by atoms with Gasteiger partial charge in [0.1, 0.15) is 17.3 Å². The highest BCUT2D eigenvalue weighted by Gasteiger charge is 2.24. The minimum Gasteiger partial charge on any atom is -0.493 e. The van der Waals surface area contributed by atoms with Crippen LogP contribution >= 0.6 is 23.4 Å². The molecule has 51 heavy (non-hydrogen) atoms. The summed E-state index contributed by atoms with van der Waals surface area (Å²) in [6.45, 7) is 7.76. The van der Waals surface area contributed by atoms with E-state index in [0.717, 1.165) is 74.2 Å². The number of halogens is 2. The fourth-order valence-electron chi connectivity index (χ4n) is 6.60. The molecule has 1 aliphatic rings. The van der Waals surface area contributed by atoms with E-state index in [1.807, 2.05) is 74.9 Å². The zero-order chi connectivity index (χ0) is 36.7. The minimum absolute atomic E-state index is 0.235. The van der Waals surface area contributed by atoms with Crippen LogP contribution in [0.2, 0.25) is 5.02 Å². The van der Waals surface area contributed by atoms with Crippen LogP contribution in [0.5, 0.6) is 5.75 Å². The van der Waals surface area contributed by atoms with Gasteiger partial charge in [-0.15, -0.1) is 11.8 Å². The van der Waals surface area contributed by atoms with Gasteiger partial charge in [-0.2, -0.15) is 10.2 Å². The Balaban J connectivity index is 0.00000248. The van der Waals surface area contributed by atoms with E-state index in [2.05, 4.69) is 21.6 Å². The van der Waals surface area contributed by atoms with Gasteiger partial charge < -0.3 is 19.7 Å². The molecule has 0 bridgehead atoms. The third kappa shape index (κ3) is 8.43. The Morgan fingerprint density at radius 2 is 1.94 bits per heavy atom. The molecule has 3 heterocycles.